The number of nitrogens with one attached hydrogen (secondary N) is 1. The number of carbonyl (C=O) groups excluding carboxylic acids is 1. The smallest absolute Gasteiger partial charge is 0.251 e. The van der Waals surface area contributed by atoms with E-state index in [1.807, 2.05) is 30.8 Å². The molecule has 2 aliphatic rings. The zero-order valence-electron chi connectivity index (χ0n) is 28.4. The van der Waals surface area contributed by atoms with Gasteiger partial charge in [0.1, 0.15) is 11.9 Å². The molecule has 1 amide bonds. The predicted octanol–water partition coefficient (Wildman–Crippen LogP) is 7.63. The van der Waals surface area contributed by atoms with Crippen molar-refractivity contribution in [3.05, 3.63) is 77.1 Å². The molecule has 1 atom stereocenters. The van der Waals surface area contributed by atoms with Crippen molar-refractivity contribution in [2.75, 3.05) is 38.2 Å². The first-order chi connectivity index (χ1) is 23.9. The average Bonchev–Trinajstić information content (AvgIpc) is 4.07. The monoisotopic (exact) mass is 727 g/mol. The molecule has 8 nitrogen and oxygen atoms in total. The normalized spacial score (nSPS) is 15.6. The molecular formula is C38H50ClN3O5S2. The van der Waals surface area contributed by atoms with Gasteiger partial charge in [-0.1, -0.05) is 41.7 Å². The summed E-state index contributed by atoms with van der Waals surface area (Å²) in [7, 11) is 0. The Hall–Kier alpha value is -2.31. The number of halogens is 1. The van der Waals surface area contributed by atoms with Gasteiger partial charge in [-0.25, -0.2) is 0 Å². The number of aromatic nitrogens is 1. The largest absolute Gasteiger partial charge is 0.490 e. The standard InChI is InChI=1S/C38H50ClN3O5S2/c1-48-41-19-8-22-42(37(45)35(44)10-4-6-23-43)21-5-7-24-49-30-14-15-34(39)28(25-30)27-46-38(17-18-38)33-26-40-20-16-31(33)32-9-2-3-11-36(32)47-29-12-13-29/h2-3,9,11,14-16,20,25-26,29,35,41,43-44H,4-8,10,12-13,17-19,21-24,27H2,1H3. The summed E-state index contributed by atoms with van der Waals surface area (Å²) in [6.45, 7) is 2.51. The van der Waals surface area contributed by atoms with Crippen LogP contribution < -0.4 is 9.46 Å². The van der Waals surface area contributed by atoms with E-state index < -0.39 is 11.7 Å². The van der Waals surface area contributed by atoms with Crippen molar-refractivity contribution in [3.8, 4) is 16.9 Å². The van der Waals surface area contributed by atoms with Crippen molar-refractivity contribution in [1.82, 2.24) is 14.6 Å². The summed E-state index contributed by atoms with van der Waals surface area (Å²) in [4.78, 5) is 20.4. The molecule has 49 heavy (non-hydrogen) atoms. The number of amides is 1. The summed E-state index contributed by atoms with van der Waals surface area (Å²) < 4.78 is 16.2. The SMILES string of the molecule is CSNCCCN(CCCCSc1ccc(Cl)c(COC2(c3cnccc3-c3ccccc3OC3CC3)CC2)c1)C(=O)C(O)CCCCO. The summed E-state index contributed by atoms with van der Waals surface area (Å²) in [5, 5.41) is 20.2. The number of aliphatic hydroxyl groups excluding tert-OH is 2. The van der Waals surface area contributed by atoms with Gasteiger partial charge in [0.25, 0.3) is 5.91 Å². The van der Waals surface area contributed by atoms with Crippen LogP contribution in [0.3, 0.4) is 0 Å². The Morgan fingerprint density at radius 3 is 2.67 bits per heavy atom. The van der Waals surface area contributed by atoms with Crippen LogP contribution in [-0.2, 0) is 21.7 Å². The van der Waals surface area contributed by atoms with Crippen molar-refractivity contribution in [1.29, 1.82) is 0 Å². The second-order valence-corrected chi connectivity index (χ2v) is 15.1. The number of pyridine rings is 1. The zero-order valence-corrected chi connectivity index (χ0v) is 30.8. The highest BCUT2D eigenvalue weighted by Gasteiger charge is 2.47. The van der Waals surface area contributed by atoms with Crippen LogP contribution in [0.15, 0.2) is 65.8 Å². The first kappa shape index (κ1) is 37.9. The molecule has 3 aromatic rings. The van der Waals surface area contributed by atoms with Crippen molar-refractivity contribution in [2.45, 2.75) is 93.5 Å². The van der Waals surface area contributed by atoms with E-state index in [9.17, 15) is 9.90 Å². The van der Waals surface area contributed by atoms with E-state index in [4.69, 9.17) is 26.2 Å². The van der Waals surface area contributed by atoms with Crippen LogP contribution in [0.25, 0.3) is 11.1 Å². The van der Waals surface area contributed by atoms with E-state index in [0.29, 0.717) is 50.1 Å². The number of carbonyl (C=O) groups is 1. The molecule has 11 heteroatoms. The summed E-state index contributed by atoms with van der Waals surface area (Å²) in [6.07, 6.45) is 13.4. The lowest BCUT2D eigenvalue weighted by Gasteiger charge is -2.25. The van der Waals surface area contributed by atoms with E-state index in [1.165, 1.54) is 0 Å². The number of ether oxygens (including phenoxy) is 2. The second-order valence-electron chi connectivity index (χ2n) is 12.8. The van der Waals surface area contributed by atoms with Crippen LogP contribution in [0.2, 0.25) is 5.02 Å². The number of hydrogen-bond acceptors (Lipinski definition) is 9. The highest BCUT2D eigenvalue weighted by molar-refractivity contribution is 7.99. The summed E-state index contributed by atoms with van der Waals surface area (Å²) >= 11 is 10.0. The van der Waals surface area contributed by atoms with Crippen LogP contribution in [0.5, 0.6) is 5.75 Å². The lowest BCUT2D eigenvalue weighted by Crippen LogP contribution is -2.41. The van der Waals surface area contributed by atoms with E-state index in [1.54, 1.807) is 28.6 Å². The first-order valence-electron chi connectivity index (χ1n) is 17.5. The minimum atomic E-state index is -1.01. The lowest BCUT2D eigenvalue weighted by atomic mass is 9.96. The number of benzene rings is 2. The first-order valence-corrected chi connectivity index (χ1v) is 20.1. The third kappa shape index (κ3) is 11.3. The molecule has 1 unspecified atom stereocenters. The maximum Gasteiger partial charge on any atom is 0.251 e. The van der Waals surface area contributed by atoms with Crippen molar-refractivity contribution < 1.29 is 24.5 Å². The van der Waals surface area contributed by atoms with E-state index >= 15 is 0 Å². The van der Waals surface area contributed by atoms with Gasteiger partial charge >= 0.3 is 0 Å². The molecule has 266 valence electrons. The fourth-order valence-corrected chi connectivity index (χ4v) is 7.37. The van der Waals surface area contributed by atoms with Crippen LogP contribution in [0.4, 0.5) is 0 Å². The van der Waals surface area contributed by atoms with E-state index in [-0.39, 0.29) is 12.5 Å². The molecule has 2 fully saturated rings. The maximum absolute atomic E-state index is 13.0. The Morgan fingerprint density at radius 2 is 1.90 bits per heavy atom. The van der Waals surface area contributed by atoms with Gasteiger partial charge in [0, 0.05) is 59.7 Å². The molecule has 0 radical (unpaired) electrons. The predicted molar refractivity (Wildman–Crippen MR) is 200 cm³/mol. The number of nitrogens with zero attached hydrogens (tertiary/aromatic N) is 2. The van der Waals surface area contributed by atoms with Gasteiger partial charge in [-0.05, 0) is 118 Å². The van der Waals surface area contributed by atoms with Gasteiger partial charge < -0.3 is 24.6 Å². The maximum atomic E-state index is 13.0. The second kappa shape index (κ2) is 19.3. The Balaban J connectivity index is 1.14. The lowest BCUT2D eigenvalue weighted by molar-refractivity contribution is -0.140. The third-order valence-electron chi connectivity index (χ3n) is 8.96. The number of thioether (sulfide) groups is 1. The highest BCUT2D eigenvalue weighted by atomic mass is 35.5. The Labute approximate surface area is 304 Å². The third-order valence-corrected chi connectivity index (χ3v) is 10.9. The highest BCUT2D eigenvalue weighted by Crippen LogP contribution is 2.53. The van der Waals surface area contributed by atoms with Gasteiger partial charge in [0.2, 0.25) is 0 Å². The molecule has 0 bridgehead atoms. The number of unbranched alkanes of at least 4 members (excludes halogenated alkanes) is 2. The topological polar surface area (TPSA) is 104 Å². The summed E-state index contributed by atoms with van der Waals surface area (Å²) in [5.74, 6) is 1.61. The number of rotatable bonds is 23. The molecule has 2 aliphatic carbocycles. The number of para-hydroxylation sites is 1. The van der Waals surface area contributed by atoms with Gasteiger partial charge in [0.05, 0.1) is 18.3 Å². The summed E-state index contributed by atoms with van der Waals surface area (Å²) in [5.41, 5.74) is 3.84. The minimum absolute atomic E-state index is 0.0731. The van der Waals surface area contributed by atoms with Crippen LogP contribution in [0, 0.1) is 0 Å². The number of aliphatic hydroxyl groups is 2. The van der Waals surface area contributed by atoms with E-state index in [2.05, 4.69) is 46.1 Å². The van der Waals surface area contributed by atoms with Crippen LogP contribution in [-0.4, -0.2) is 76.5 Å². The molecule has 2 aromatic carbocycles. The fraction of sp³-hybridized carbons (Fsp3) is 0.526. The zero-order chi connectivity index (χ0) is 34.5. The molecule has 5 rings (SSSR count). The van der Waals surface area contributed by atoms with Crippen molar-refractivity contribution >= 4 is 41.2 Å². The molecule has 0 spiro atoms. The quantitative estimate of drug-likeness (QED) is 0.0517. The van der Waals surface area contributed by atoms with Crippen LogP contribution >= 0.6 is 35.3 Å². The Morgan fingerprint density at radius 1 is 1.08 bits per heavy atom. The van der Waals surface area contributed by atoms with Gasteiger partial charge in [-0.15, -0.1) is 11.8 Å². The van der Waals surface area contributed by atoms with Gasteiger partial charge in [-0.3, -0.25) is 14.5 Å². The Bertz CT molecular complexity index is 1490. The fourth-order valence-electron chi connectivity index (χ4n) is 5.88. The molecule has 0 saturated heterocycles. The molecule has 1 heterocycles. The number of hydrogen-bond donors (Lipinski definition) is 3. The molecular weight excluding hydrogens is 678 g/mol. The Kier molecular flexibility index (Phi) is 15.0. The molecule has 3 N–H and O–H groups in total. The van der Waals surface area contributed by atoms with Crippen molar-refractivity contribution in [3.63, 3.8) is 0 Å². The molecule has 0 aliphatic heterocycles. The van der Waals surface area contributed by atoms with E-state index in [0.717, 1.165) is 90.1 Å². The van der Waals surface area contributed by atoms with Crippen molar-refractivity contribution in [2.24, 2.45) is 0 Å². The molecule has 2 saturated carbocycles. The minimum Gasteiger partial charge on any atom is -0.490 e. The average molecular weight is 728 g/mol. The molecule has 1 aromatic heterocycles. The van der Waals surface area contributed by atoms with Crippen LogP contribution in [0.1, 0.15) is 75.3 Å². The van der Waals surface area contributed by atoms with Gasteiger partial charge in [0.15, 0.2) is 0 Å². The summed E-state index contributed by atoms with van der Waals surface area (Å²) in [6, 6.07) is 16.4. The van der Waals surface area contributed by atoms with Gasteiger partial charge in [-0.2, -0.15) is 0 Å².